The van der Waals surface area contributed by atoms with Crippen LogP contribution < -0.4 is 14.2 Å². The predicted molar refractivity (Wildman–Crippen MR) is 114 cm³/mol. The summed E-state index contributed by atoms with van der Waals surface area (Å²) in [6.45, 7) is 1.35. The molecule has 3 heterocycles. The number of fused-ring (bicyclic) bond motifs is 1. The second-order valence-electron chi connectivity index (χ2n) is 8.21. The molecule has 31 heavy (non-hydrogen) atoms. The van der Waals surface area contributed by atoms with Gasteiger partial charge in [0.1, 0.15) is 17.3 Å². The largest absolute Gasteiger partial charge is 0.496 e. The van der Waals surface area contributed by atoms with Gasteiger partial charge in [0.15, 0.2) is 17.3 Å². The van der Waals surface area contributed by atoms with Crippen molar-refractivity contribution < 1.29 is 19.0 Å². The molecule has 0 bridgehead atoms. The van der Waals surface area contributed by atoms with E-state index in [1.807, 2.05) is 11.0 Å². The van der Waals surface area contributed by atoms with Crippen LogP contribution in [0.4, 0.5) is 0 Å². The Labute approximate surface area is 180 Å². The molecule has 2 aliphatic rings. The highest BCUT2D eigenvalue weighted by atomic mass is 16.5. The highest BCUT2D eigenvalue weighted by molar-refractivity contribution is 6.02. The molecule has 1 aliphatic carbocycles. The molecule has 0 radical (unpaired) electrons. The maximum Gasteiger partial charge on any atom is 0.270 e. The van der Waals surface area contributed by atoms with E-state index in [4.69, 9.17) is 19.2 Å². The van der Waals surface area contributed by atoms with Gasteiger partial charge in [0.25, 0.3) is 5.91 Å². The highest BCUT2D eigenvalue weighted by Gasteiger charge is 2.31. The van der Waals surface area contributed by atoms with Crippen molar-refractivity contribution >= 4 is 16.8 Å². The smallest absolute Gasteiger partial charge is 0.270 e. The number of benzene rings is 1. The predicted octanol–water partition coefficient (Wildman–Crippen LogP) is 3.21. The molecule has 164 valence electrons. The lowest BCUT2D eigenvalue weighted by Crippen LogP contribution is -2.38. The summed E-state index contributed by atoms with van der Waals surface area (Å²) >= 11 is 0. The van der Waals surface area contributed by atoms with Crippen LogP contribution in [0.5, 0.6) is 17.2 Å². The molecule has 1 saturated carbocycles. The third kappa shape index (κ3) is 3.47. The molecule has 0 spiro atoms. The van der Waals surface area contributed by atoms with Gasteiger partial charge in [-0.1, -0.05) is 0 Å². The van der Waals surface area contributed by atoms with Crippen molar-refractivity contribution in [3.05, 3.63) is 29.5 Å². The summed E-state index contributed by atoms with van der Waals surface area (Å²) in [7, 11) is 4.75. The number of carbonyl (C=O) groups is 1. The van der Waals surface area contributed by atoms with Crippen LogP contribution in [0.25, 0.3) is 10.9 Å². The maximum atomic E-state index is 13.2. The lowest BCUT2D eigenvalue weighted by Gasteiger charge is -2.30. The Morgan fingerprint density at radius 3 is 2.39 bits per heavy atom. The van der Waals surface area contributed by atoms with Gasteiger partial charge in [-0.3, -0.25) is 9.89 Å². The van der Waals surface area contributed by atoms with E-state index in [1.165, 1.54) is 12.8 Å². The van der Waals surface area contributed by atoms with E-state index in [1.54, 1.807) is 27.4 Å². The fourth-order valence-electron chi connectivity index (χ4n) is 4.37. The summed E-state index contributed by atoms with van der Waals surface area (Å²) < 4.78 is 16.4. The number of nitrogens with zero attached hydrogens (tertiary/aromatic N) is 3. The number of likely N-dealkylation sites (tertiary alicyclic amines) is 1. The fourth-order valence-corrected chi connectivity index (χ4v) is 4.37. The summed E-state index contributed by atoms with van der Waals surface area (Å²) in [4.78, 5) is 23.0. The molecule has 2 aromatic heterocycles. The molecule has 1 aliphatic heterocycles. The average molecular weight is 425 g/mol. The molecule has 1 aromatic carbocycles. The van der Waals surface area contributed by atoms with Gasteiger partial charge >= 0.3 is 0 Å². The number of carbonyl (C=O) groups excluding carboxylic acids is 1. The Balaban J connectivity index is 1.34. The number of aromatic amines is 2. The second-order valence-corrected chi connectivity index (χ2v) is 8.21. The quantitative estimate of drug-likeness (QED) is 0.628. The molecule has 2 N–H and O–H groups in total. The summed E-state index contributed by atoms with van der Waals surface area (Å²) in [5.74, 6) is 4.45. The van der Waals surface area contributed by atoms with E-state index in [0.717, 1.165) is 29.9 Å². The van der Waals surface area contributed by atoms with E-state index < -0.39 is 0 Å². The van der Waals surface area contributed by atoms with Gasteiger partial charge in [-0.05, 0) is 31.7 Å². The number of methoxy groups -OCH3 is 3. The molecular formula is C22H27N5O4. The van der Waals surface area contributed by atoms with Crippen LogP contribution in [0.15, 0.2) is 12.1 Å². The molecule has 0 unspecified atom stereocenters. The van der Waals surface area contributed by atoms with Crippen molar-refractivity contribution in [3.63, 3.8) is 0 Å². The fraction of sp³-hybridized carbons (Fsp3) is 0.500. The first-order valence-electron chi connectivity index (χ1n) is 10.7. The van der Waals surface area contributed by atoms with Gasteiger partial charge < -0.3 is 24.1 Å². The van der Waals surface area contributed by atoms with Gasteiger partial charge in [0, 0.05) is 36.4 Å². The molecule has 9 heteroatoms. The van der Waals surface area contributed by atoms with E-state index in [-0.39, 0.29) is 5.91 Å². The Morgan fingerprint density at radius 1 is 1.00 bits per heavy atom. The summed E-state index contributed by atoms with van der Waals surface area (Å²) in [6, 6.07) is 3.59. The van der Waals surface area contributed by atoms with Crippen molar-refractivity contribution in [2.75, 3.05) is 34.4 Å². The van der Waals surface area contributed by atoms with Crippen LogP contribution in [-0.4, -0.2) is 65.4 Å². The Kier molecular flexibility index (Phi) is 4.95. The zero-order valence-electron chi connectivity index (χ0n) is 18.0. The maximum absolute atomic E-state index is 13.2. The topological polar surface area (TPSA) is 105 Å². The number of ether oxygens (including phenoxy) is 3. The number of rotatable bonds is 6. The molecule has 0 atom stereocenters. The van der Waals surface area contributed by atoms with Crippen molar-refractivity contribution in [2.45, 2.75) is 37.5 Å². The minimum absolute atomic E-state index is 0.0334. The van der Waals surface area contributed by atoms with Crippen LogP contribution in [0.2, 0.25) is 0 Å². The molecule has 3 aromatic rings. The number of nitrogens with one attached hydrogen (secondary N) is 2. The van der Waals surface area contributed by atoms with Gasteiger partial charge in [-0.25, -0.2) is 4.98 Å². The molecule has 1 amide bonds. The number of hydrogen-bond donors (Lipinski definition) is 2. The molecule has 9 nitrogen and oxygen atoms in total. The van der Waals surface area contributed by atoms with Crippen LogP contribution >= 0.6 is 0 Å². The van der Waals surface area contributed by atoms with Crippen molar-refractivity contribution in [1.82, 2.24) is 25.1 Å². The van der Waals surface area contributed by atoms with Gasteiger partial charge in [-0.15, -0.1) is 0 Å². The third-order valence-electron chi connectivity index (χ3n) is 6.30. The van der Waals surface area contributed by atoms with Gasteiger partial charge in [-0.2, -0.15) is 5.10 Å². The summed E-state index contributed by atoms with van der Waals surface area (Å²) in [5, 5.41) is 8.27. The van der Waals surface area contributed by atoms with Crippen molar-refractivity contribution in [1.29, 1.82) is 0 Å². The minimum Gasteiger partial charge on any atom is -0.496 e. The van der Waals surface area contributed by atoms with Crippen molar-refractivity contribution in [2.24, 2.45) is 0 Å². The highest BCUT2D eigenvalue weighted by Crippen LogP contribution is 2.42. The summed E-state index contributed by atoms with van der Waals surface area (Å²) in [5.41, 5.74) is 1.19. The van der Waals surface area contributed by atoms with E-state index in [9.17, 15) is 4.79 Å². The SMILES string of the molecule is COc1cc(OC)c2cc(C(=O)N3CCC(c4nc(C5CC5)n[nH]4)CC3)[nH]c2c1OC. The number of H-pyrrole nitrogens is 2. The summed E-state index contributed by atoms with van der Waals surface area (Å²) in [6.07, 6.45) is 4.11. The molecule has 5 rings (SSSR count). The Hall–Kier alpha value is -3.23. The van der Waals surface area contributed by atoms with Crippen LogP contribution in [0, 0.1) is 0 Å². The first-order valence-corrected chi connectivity index (χ1v) is 10.7. The number of hydrogen-bond acceptors (Lipinski definition) is 6. The van der Waals surface area contributed by atoms with E-state index >= 15 is 0 Å². The zero-order chi connectivity index (χ0) is 21.5. The normalized spacial score (nSPS) is 17.2. The Morgan fingerprint density at radius 2 is 1.74 bits per heavy atom. The zero-order valence-corrected chi connectivity index (χ0v) is 18.0. The standard InChI is InChI=1S/C22H27N5O4/c1-29-16-11-17(30-2)19(31-3)18-14(16)10-15(23-18)22(28)27-8-6-13(7-9-27)21-24-20(25-26-21)12-4-5-12/h10-13,23H,4-9H2,1-3H3,(H,24,25,26). The molecule has 1 saturated heterocycles. The lowest BCUT2D eigenvalue weighted by molar-refractivity contribution is 0.0706. The minimum atomic E-state index is -0.0334. The first kappa shape index (κ1) is 19.7. The van der Waals surface area contributed by atoms with Crippen molar-refractivity contribution in [3.8, 4) is 17.2 Å². The molecular weight excluding hydrogens is 398 g/mol. The Bertz CT molecular complexity index is 1110. The third-order valence-corrected chi connectivity index (χ3v) is 6.30. The second kappa shape index (κ2) is 7.79. The average Bonchev–Trinajstić information content (AvgIpc) is 3.37. The van der Waals surface area contributed by atoms with Crippen LogP contribution in [-0.2, 0) is 0 Å². The van der Waals surface area contributed by atoms with Gasteiger partial charge in [0.2, 0.25) is 0 Å². The van der Waals surface area contributed by atoms with Gasteiger partial charge in [0.05, 0.1) is 26.8 Å². The number of piperidine rings is 1. The monoisotopic (exact) mass is 425 g/mol. The number of aromatic nitrogens is 4. The number of amides is 1. The van der Waals surface area contributed by atoms with E-state index in [0.29, 0.717) is 53.4 Å². The van der Waals surface area contributed by atoms with Crippen LogP contribution in [0.1, 0.15) is 59.7 Å². The van der Waals surface area contributed by atoms with E-state index in [2.05, 4.69) is 15.2 Å². The molecule has 2 fully saturated rings. The van der Waals surface area contributed by atoms with Crippen LogP contribution in [0.3, 0.4) is 0 Å². The lowest BCUT2D eigenvalue weighted by atomic mass is 9.96. The first-order chi connectivity index (χ1) is 15.1.